The van der Waals surface area contributed by atoms with Gasteiger partial charge in [0, 0.05) is 19.8 Å². The molecule has 0 radical (unpaired) electrons. The molecule has 2 rings (SSSR count). The molecule has 1 amide bonds. The Balaban J connectivity index is 1.79. The Kier molecular flexibility index (Phi) is 5.38. The van der Waals surface area contributed by atoms with Crippen molar-refractivity contribution in [2.45, 2.75) is 32.6 Å². The molecule has 20 heavy (non-hydrogen) atoms. The van der Waals surface area contributed by atoms with Crippen molar-refractivity contribution in [3.05, 3.63) is 0 Å². The SMILES string of the molecule is CCN1CCC(CNC(=O)C2(C#N)CCOCC2)CC1. The smallest absolute Gasteiger partial charge is 0.240 e. The Bertz CT molecular complexity index is 364. The lowest BCUT2D eigenvalue weighted by Crippen LogP contribution is -2.46. The highest BCUT2D eigenvalue weighted by molar-refractivity contribution is 5.85. The number of likely N-dealkylation sites (tertiary alicyclic amines) is 1. The van der Waals surface area contributed by atoms with E-state index in [2.05, 4.69) is 23.2 Å². The molecule has 112 valence electrons. The third-order valence-electron chi connectivity index (χ3n) is 4.70. The van der Waals surface area contributed by atoms with E-state index in [1.165, 1.54) is 0 Å². The van der Waals surface area contributed by atoms with Gasteiger partial charge in [-0.3, -0.25) is 4.79 Å². The van der Waals surface area contributed by atoms with E-state index in [4.69, 9.17) is 4.74 Å². The van der Waals surface area contributed by atoms with Crippen LogP contribution in [0.2, 0.25) is 0 Å². The van der Waals surface area contributed by atoms with Crippen LogP contribution in [0.15, 0.2) is 0 Å². The second-order valence-corrected chi connectivity index (χ2v) is 5.89. The summed E-state index contributed by atoms with van der Waals surface area (Å²) in [5.74, 6) is 0.457. The average molecular weight is 279 g/mol. The first-order valence-corrected chi connectivity index (χ1v) is 7.70. The molecule has 0 aromatic rings. The normalized spacial score (nSPS) is 24.0. The largest absolute Gasteiger partial charge is 0.381 e. The van der Waals surface area contributed by atoms with Gasteiger partial charge in [-0.05, 0) is 51.2 Å². The molecule has 0 unspecified atom stereocenters. The fourth-order valence-electron chi connectivity index (χ4n) is 3.02. The van der Waals surface area contributed by atoms with Crippen molar-refractivity contribution in [1.29, 1.82) is 5.26 Å². The number of rotatable bonds is 4. The maximum atomic E-state index is 12.3. The second kappa shape index (κ2) is 7.05. The molecule has 0 spiro atoms. The molecule has 5 heteroatoms. The van der Waals surface area contributed by atoms with Crippen LogP contribution in [0.5, 0.6) is 0 Å². The van der Waals surface area contributed by atoms with Crippen molar-refractivity contribution in [3.63, 3.8) is 0 Å². The average Bonchev–Trinajstić information content (AvgIpc) is 2.53. The molecule has 2 saturated heterocycles. The molecule has 0 saturated carbocycles. The zero-order valence-corrected chi connectivity index (χ0v) is 12.4. The lowest BCUT2D eigenvalue weighted by atomic mass is 9.80. The van der Waals surface area contributed by atoms with Crippen LogP contribution in [-0.2, 0) is 9.53 Å². The van der Waals surface area contributed by atoms with Crippen molar-refractivity contribution in [2.24, 2.45) is 11.3 Å². The summed E-state index contributed by atoms with van der Waals surface area (Å²) in [4.78, 5) is 14.8. The Morgan fingerprint density at radius 1 is 1.40 bits per heavy atom. The van der Waals surface area contributed by atoms with Gasteiger partial charge in [0.2, 0.25) is 5.91 Å². The number of hydrogen-bond acceptors (Lipinski definition) is 4. The Labute approximate surface area is 121 Å². The van der Waals surface area contributed by atoms with Gasteiger partial charge >= 0.3 is 0 Å². The van der Waals surface area contributed by atoms with Crippen LogP contribution in [-0.4, -0.2) is 50.2 Å². The number of carbonyl (C=O) groups excluding carboxylic acids is 1. The zero-order valence-electron chi connectivity index (χ0n) is 12.4. The predicted molar refractivity (Wildman–Crippen MR) is 75.9 cm³/mol. The number of carbonyl (C=O) groups is 1. The Hall–Kier alpha value is -1.12. The van der Waals surface area contributed by atoms with E-state index in [1.807, 2.05) is 0 Å². The lowest BCUT2D eigenvalue weighted by molar-refractivity contribution is -0.132. The van der Waals surface area contributed by atoms with Gasteiger partial charge < -0.3 is 15.0 Å². The number of amides is 1. The highest BCUT2D eigenvalue weighted by Gasteiger charge is 2.40. The van der Waals surface area contributed by atoms with Gasteiger partial charge in [-0.25, -0.2) is 0 Å². The topological polar surface area (TPSA) is 65.4 Å². The van der Waals surface area contributed by atoms with Gasteiger partial charge in [0.05, 0.1) is 6.07 Å². The molecule has 2 aliphatic rings. The molecular weight excluding hydrogens is 254 g/mol. The summed E-state index contributed by atoms with van der Waals surface area (Å²) in [5.41, 5.74) is -0.859. The van der Waals surface area contributed by atoms with Crippen molar-refractivity contribution in [2.75, 3.05) is 39.4 Å². The molecule has 2 aliphatic heterocycles. The molecule has 2 fully saturated rings. The first-order valence-electron chi connectivity index (χ1n) is 7.70. The van der Waals surface area contributed by atoms with Gasteiger partial charge in [0.1, 0.15) is 5.41 Å². The summed E-state index contributed by atoms with van der Waals surface area (Å²) in [6, 6.07) is 2.22. The molecule has 0 aliphatic carbocycles. The van der Waals surface area contributed by atoms with Crippen molar-refractivity contribution >= 4 is 5.91 Å². The van der Waals surface area contributed by atoms with E-state index < -0.39 is 5.41 Å². The minimum atomic E-state index is -0.859. The Morgan fingerprint density at radius 2 is 2.05 bits per heavy atom. The van der Waals surface area contributed by atoms with Gasteiger partial charge in [-0.1, -0.05) is 6.92 Å². The van der Waals surface area contributed by atoms with E-state index in [-0.39, 0.29) is 5.91 Å². The van der Waals surface area contributed by atoms with Gasteiger partial charge in [0.15, 0.2) is 0 Å². The van der Waals surface area contributed by atoms with E-state index in [9.17, 15) is 10.1 Å². The molecule has 0 aromatic carbocycles. The van der Waals surface area contributed by atoms with Crippen LogP contribution in [0.4, 0.5) is 0 Å². The van der Waals surface area contributed by atoms with E-state index in [1.54, 1.807) is 0 Å². The van der Waals surface area contributed by atoms with E-state index >= 15 is 0 Å². The highest BCUT2D eigenvalue weighted by Crippen LogP contribution is 2.30. The maximum absolute atomic E-state index is 12.3. The van der Waals surface area contributed by atoms with Gasteiger partial charge in [-0.15, -0.1) is 0 Å². The van der Waals surface area contributed by atoms with Crippen molar-refractivity contribution in [3.8, 4) is 6.07 Å². The minimum absolute atomic E-state index is 0.0961. The first kappa shape index (κ1) is 15.3. The van der Waals surface area contributed by atoms with Crippen molar-refractivity contribution < 1.29 is 9.53 Å². The standard InChI is InChI=1S/C15H25N3O2/c1-2-18-7-3-13(4-8-18)11-17-14(19)15(12-16)5-9-20-10-6-15/h13H,2-11H2,1H3,(H,17,19). The molecule has 5 nitrogen and oxygen atoms in total. The van der Waals surface area contributed by atoms with Crippen LogP contribution in [0.25, 0.3) is 0 Å². The quantitative estimate of drug-likeness (QED) is 0.838. The summed E-state index contributed by atoms with van der Waals surface area (Å²) >= 11 is 0. The first-order chi connectivity index (χ1) is 9.70. The summed E-state index contributed by atoms with van der Waals surface area (Å²) in [7, 11) is 0. The predicted octanol–water partition coefficient (Wildman–Crippen LogP) is 1.15. The second-order valence-electron chi connectivity index (χ2n) is 5.89. The van der Waals surface area contributed by atoms with Crippen molar-refractivity contribution in [1.82, 2.24) is 10.2 Å². The number of ether oxygens (including phenoxy) is 1. The molecule has 0 atom stereocenters. The van der Waals surface area contributed by atoms with Crippen LogP contribution in [0, 0.1) is 22.7 Å². The summed E-state index contributed by atoms with van der Waals surface area (Å²) in [6.07, 6.45) is 3.31. The van der Waals surface area contributed by atoms with Crippen LogP contribution in [0.1, 0.15) is 32.6 Å². The molecular formula is C15H25N3O2. The van der Waals surface area contributed by atoms with Gasteiger partial charge in [-0.2, -0.15) is 5.26 Å². The summed E-state index contributed by atoms with van der Waals surface area (Å²) in [6.45, 7) is 7.26. The number of nitriles is 1. The monoisotopic (exact) mass is 279 g/mol. The molecule has 0 bridgehead atoms. The number of nitrogens with one attached hydrogen (secondary N) is 1. The number of piperidine rings is 1. The third kappa shape index (κ3) is 3.50. The minimum Gasteiger partial charge on any atom is -0.381 e. The molecule has 2 heterocycles. The van der Waals surface area contributed by atoms with E-state index in [0.29, 0.717) is 38.5 Å². The molecule has 0 aromatic heterocycles. The molecule has 1 N–H and O–H groups in total. The fourth-order valence-corrected chi connectivity index (χ4v) is 3.02. The number of nitrogens with zero attached hydrogens (tertiary/aromatic N) is 2. The van der Waals surface area contributed by atoms with Crippen LogP contribution in [0.3, 0.4) is 0 Å². The Morgan fingerprint density at radius 3 is 2.60 bits per heavy atom. The highest BCUT2D eigenvalue weighted by atomic mass is 16.5. The summed E-state index contributed by atoms with van der Waals surface area (Å²) in [5, 5.41) is 12.4. The van der Waals surface area contributed by atoms with Gasteiger partial charge in [0.25, 0.3) is 0 Å². The maximum Gasteiger partial charge on any atom is 0.240 e. The summed E-state index contributed by atoms with van der Waals surface area (Å²) < 4.78 is 5.26. The zero-order chi connectivity index (χ0) is 14.4. The van der Waals surface area contributed by atoms with E-state index in [0.717, 1.165) is 32.5 Å². The van der Waals surface area contributed by atoms with Crippen LogP contribution < -0.4 is 5.32 Å². The number of hydrogen-bond donors (Lipinski definition) is 1. The third-order valence-corrected chi connectivity index (χ3v) is 4.70. The lowest BCUT2D eigenvalue weighted by Gasteiger charge is -2.33. The fraction of sp³-hybridized carbons (Fsp3) is 0.867. The van der Waals surface area contributed by atoms with Crippen LogP contribution >= 0.6 is 0 Å².